The van der Waals surface area contributed by atoms with Gasteiger partial charge in [0.25, 0.3) is 0 Å². The minimum Gasteiger partial charge on any atom is -0.362 e. The van der Waals surface area contributed by atoms with E-state index in [9.17, 15) is 0 Å². The number of nitrogens with zero attached hydrogens (tertiary/aromatic N) is 2. The molecule has 0 aliphatic heterocycles. The van der Waals surface area contributed by atoms with Gasteiger partial charge in [-0.15, -0.1) is 11.6 Å². The first-order valence-corrected chi connectivity index (χ1v) is 8.12. The van der Waals surface area contributed by atoms with E-state index in [0.717, 1.165) is 18.7 Å². The van der Waals surface area contributed by atoms with Crippen LogP contribution in [0.25, 0.3) is 0 Å². The van der Waals surface area contributed by atoms with Crippen LogP contribution in [0, 0.1) is 0 Å². The van der Waals surface area contributed by atoms with Gasteiger partial charge >= 0.3 is 0 Å². The van der Waals surface area contributed by atoms with Gasteiger partial charge in [0.2, 0.25) is 0 Å². The summed E-state index contributed by atoms with van der Waals surface area (Å²) >= 11 is 6.16. The maximum Gasteiger partial charge on any atom is 0.133 e. The fraction of sp³-hybridized carbons (Fsp3) is 0.412. The van der Waals surface area contributed by atoms with Crippen LogP contribution in [0.4, 0.5) is 5.82 Å². The van der Waals surface area contributed by atoms with Crippen molar-refractivity contribution in [2.24, 2.45) is 0 Å². The number of hydrogen-bond acceptors (Lipinski definition) is 3. The largest absolute Gasteiger partial charge is 0.362 e. The number of anilines is 1. The Morgan fingerprint density at radius 2 is 1.86 bits per heavy atom. The van der Waals surface area contributed by atoms with E-state index in [-0.39, 0.29) is 6.04 Å². The topological polar surface area (TPSA) is 37.8 Å². The molecule has 0 fully saturated rings. The Labute approximate surface area is 130 Å². The van der Waals surface area contributed by atoms with Crippen LogP contribution in [0.5, 0.6) is 0 Å². The van der Waals surface area contributed by atoms with Gasteiger partial charge in [-0.25, -0.2) is 9.97 Å². The van der Waals surface area contributed by atoms with Crippen molar-refractivity contribution >= 4 is 17.4 Å². The van der Waals surface area contributed by atoms with E-state index in [1.807, 2.05) is 18.2 Å². The number of benzene rings is 1. The van der Waals surface area contributed by atoms with Gasteiger partial charge < -0.3 is 5.32 Å². The molecular formula is C17H20ClN3. The van der Waals surface area contributed by atoms with Gasteiger partial charge in [-0.2, -0.15) is 0 Å². The molecule has 1 aliphatic rings. The second kappa shape index (κ2) is 6.90. The second-order valence-corrected chi connectivity index (χ2v) is 5.78. The van der Waals surface area contributed by atoms with Crippen molar-refractivity contribution in [3.05, 3.63) is 53.5 Å². The summed E-state index contributed by atoms with van der Waals surface area (Å²) in [6, 6.07) is 10.4. The number of alkyl halides is 1. The molecule has 3 rings (SSSR count). The maximum atomic E-state index is 6.16. The molecule has 0 spiro atoms. The van der Waals surface area contributed by atoms with Crippen molar-refractivity contribution in [1.82, 2.24) is 9.97 Å². The van der Waals surface area contributed by atoms with Crippen LogP contribution >= 0.6 is 11.6 Å². The van der Waals surface area contributed by atoms with Gasteiger partial charge in [0.15, 0.2) is 0 Å². The Morgan fingerprint density at radius 3 is 2.67 bits per heavy atom. The Balaban J connectivity index is 1.87. The molecule has 0 amide bonds. The Kier molecular flexibility index (Phi) is 4.71. The number of aromatic nitrogens is 2. The van der Waals surface area contributed by atoms with E-state index in [1.54, 1.807) is 6.33 Å². The molecule has 1 heterocycles. The zero-order valence-electron chi connectivity index (χ0n) is 12.1. The van der Waals surface area contributed by atoms with E-state index in [1.165, 1.54) is 36.1 Å². The van der Waals surface area contributed by atoms with Crippen LogP contribution < -0.4 is 5.32 Å². The zero-order chi connectivity index (χ0) is 14.5. The molecule has 0 saturated heterocycles. The van der Waals surface area contributed by atoms with Crippen LogP contribution in [-0.4, -0.2) is 15.8 Å². The van der Waals surface area contributed by atoms with Crippen molar-refractivity contribution in [2.45, 2.75) is 38.1 Å². The lowest BCUT2D eigenvalue weighted by atomic mass is 10.1. The van der Waals surface area contributed by atoms with E-state index >= 15 is 0 Å². The van der Waals surface area contributed by atoms with Crippen LogP contribution in [0.1, 0.15) is 42.1 Å². The highest BCUT2D eigenvalue weighted by atomic mass is 35.5. The predicted molar refractivity (Wildman–Crippen MR) is 86.8 cm³/mol. The first kappa shape index (κ1) is 14.3. The molecule has 1 aromatic carbocycles. The average molecular weight is 302 g/mol. The molecule has 0 bridgehead atoms. The summed E-state index contributed by atoms with van der Waals surface area (Å²) in [6.45, 7) is 0. The van der Waals surface area contributed by atoms with Crippen molar-refractivity contribution < 1.29 is 0 Å². The first-order chi connectivity index (χ1) is 10.4. The Bertz CT molecular complexity index is 586. The quantitative estimate of drug-likeness (QED) is 0.681. The first-order valence-electron chi connectivity index (χ1n) is 7.58. The lowest BCUT2D eigenvalue weighted by Crippen LogP contribution is -2.15. The fourth-order valence-corrected chi connectivity index (χ4v) is 3.14. The summed E-state index contributed by atoms with van der Waals surface area (Å²) in [5, 5.41) is 3.52. The number of rotatable bonds is 4. The fourth-order valence-electron chi connectivity index (χ4n) is 2.88. The zero-order valence-corrected chi connectivity index (χ0v) is 12.8. The lowest BCUT2D eigenvalue weighted by Gasteiger charge is -2.20. The summed E-state index contributed by atoms with van der Waals surface area (Å²) in [5.41, 5.74) is 3.67. The normalized spacial score (nSPS) is 15.9. The molecular weight excluding hydrogens is 282 g/mol. The molecule has 2 aromatic rings. The molecule has 1 N–H and O–H groups in total. The Hall–Kier alpha value is -1.61. The molecule has 0 saturated carbocycles. The molecule has 1 unspecified atom stereocenters. The van der Waals surface area contributed by atoms with Crippen molar-refractivity contribution in [1.29, 1.82) is 0 Å². The van der Waals surface area contributed by atoms with Crippen LogP contribution in [0.2, 0.25) is 0 Å². The van der Waals surface area contributed by atoms with E-state index in [2.05, 4.69) is 27.4 Å². The third kappa shape index (κ3) is 3.35. The van der Waals surface area contributed by atoms with Crippen molar-refractivity contribution in [3.63, 3.8) is 0 Å². The van der Waals surface area contributed by atoms with Gasteiger partial charge in [-0.05, 0) is 31.2 Å². The highest BCUT2D eigenvalue weighted by molar-refractivity contribution is 6.18. The summed E-state index contributed by atoms with van der Waals surface area (Å²) < 4.78 is 0. The molecule has 3 nitrogen and oxygen atoms in total. The molecule has 1 aliphatic carbocycles. The number of fused-ring (bicyclic) bond motifs is 1. The van der Waals surface area contributed by atoms with Crippen molar-refractivity contribution in [2.75, 3.05) is 11.2 Å². The second-order valence-electron chi connectivity index (χ2n) is 5.47. The van der Waals surface area contributed by atoms with Gasteiger partial charge in [0.1, 0.15) is 12.1 Å². The van der Waals surface area contributed by atoms with Gasteiger partial charge in [-0.3, -0.25) is 0 Å². The molecule has 1 atom stereocenters. The highest BCUT2D eigenvalue weighted by Crippen LogP contribution is 2.27. The SMILES string of the molecule is ClCC(Nc1ncnc2c1CCCCC2)c1ccccc1. The van der Waals surface area contributed by atoms with Crippen LogP contribution in [0.3, 0.4) is 0 Å². The van der Waals surface area contributed by atoms with Gasteiger partial charge in [0.05, 0.1) is 6.04 Å². The molecule has 0 radical (unpaired) electrons. The molecule has 21 heavy (non-hydrogen) atoms. The minimum absolute atomic E-state index is 0.0788. The number of aryl methyl sites for hydroxylation is 1. The highest BCUT2D eigenvalue weighted by Gasteiger charge is 2.17. The van der Waals surface area contributed by atoms with Crippen molar-refractivity contribution in [3.8, 4) is 0 Å². The lowest BCUT2D eigenvalue weighted by molar-refractivity contribution is 0.708. The van der Waals surface area contributed by atoms with Crippen LogP contribution in [0.15, 0.2) is 36.7 Å². The maximum absolute atomic E-state index is 6.16. The summed E-state index contributed by atoms with van der Waals surface area (Å²) in [6.07, 6.45) is 7.49. The molecule has 4 heteroatoms. The van der Waals surface area contributed by atoms with Crippen LogP contribution in [-0.2, 0) is 12.8 Å². The van der Waals surface area contributed by atoms with Gasteiger partial charge in [0, 0.05) is 17.1 Å². The van der Waals surface area contributed by atoms with E-state index < -0.39 is 0 Å². The summed E-state index contributed by atoms with van der Waals surface area (Å²) in [7, 11) is 0. The van der Waals surface area contributed by atoms with E-state index in [0.29, 0.717) is 5.88 Å². The monoisotopic (exact) mass is 301 g/mol. The van der Waals surface area contributed by atoms with Gasteiger partial charge in [-0.1, -0.05) is 36.8 Å². The standard InChI is InChI=1S/C17H20ClN3/c18-11-16(13-7-3-1-4-8-13)21-17-14-9-5-2-6-10-15(14)19-12-20-17/h1,3-4,7-8,12,16H,2,5-6,9-11H2,(H,19,20,21). The smallest absolute Gasteiger partial charge is 0.133 e. The number of hydrogen-bond donors (Lipinski definition) is 1. The number of nitrogens with one attached hydrogen (secondary N) is 1. The molecule has 1 aromatic heterocycles. The minimum atomic E-state index is 0.0788. The average Bonchev–Trinajstić information content (AvgIpc) is 2.79. The molecule has 110 valence electrons. The Morgan fingerprint density at radius 1 is 1.05 bits per heavy atom. The predicted octanol–water partition coefficient (Wildman–Crippen LogP) is 4.14. The summed E-state index contributed by atoms with van der Waals surface area (Å²) in [4.78, 5) is 8.93. The number of halogens is 1. The van der Waals surface area contributed by atoms with E-state index in [4.69, 9.17) is 11.6 Å². The summed E-state index contributed by atoms with van der Waals surface area (Å²) in [5.74, 6) is 1.47. The third-order valence-electron chi connectivity index (χ3n) is 4.04. The third-order valence-corrected chi connectivity index (χ3v) is 4.35.